The topological polar surface area (TPSA) is 60.9 Å². The Kier molecular flexibility index (Phi) is 4.92. The molecule has 8 heteroatoms. The Morgan fingerprint density at radius 2 is 1.65 bits per heavy atom. The number of hydrogen-bond acceptors (Lipinski definition) is 4. The molecule has 1 fully saturated rings. The zero-order valence-electron chi connectivity index (χ0n) is 17.1. The van der Waals surface area contributed by atoms with Crippen molar-refractivity contribution in [1.29, 1.82) is 0 Å². The molecule has 0 bridgehead atoms. The predicted molar refractivity (Wildman–Crippen MR) is 124 cm³/mol. The molecule has 0 saturated carbocycles. The fourth-order valence-corrected chi connectivity index (χ4v) is 6.44. The maximum absolute atomic E-state index is 13.6. The van der Waals surface area contributed by atoms with Crippen molar-refractivity contribution in [3.05, 3.63) is 65.2 Å². The first-order valence-electron chi connectivity index (χ1n) is 10.3. The van der Waals surface area contributed by atoms with E-state index in [9.17, 15) is 13.2 Å². The summed E-state index contributed by atoms with van der Waals surface area (Å²) in [5.74, 6) is -0.0778. The van der Waals surface area contributed by atoms with Gasteiger partial charge < -0.3 is 9.80 Å². The molecular formula is C23H22ClN3O3S. The second-order valence-electron chi connectivity index (χ2n) is 7.70. The highest BCUT2D eigenvalue weighted by Crippen LogP contribution is 2.40. The number of piperazine rings is 1. The number of rotatable bonds is 4. The van der Waals surface area contributed by atoms with E-state index in [1.807, 2.05) is 31.2 Å². The van der Waals surface area contributed by atoms with Crippen LogP contribution in [0.5, 0.6) is 0 Å². The number of anilines is 2. The summed E-state index contributed by atoms with van der Waals surface area (Å²) in [5.41, 5.74) is 2.26. The van der Waals surface area contributed by atoms with Crippen molar-refractivity contribution in [2.45, 2.75) is 11.8 Å². The molecule has 0 N–H and O–H groups in total. The molecule has 0 unspecified atom stereocenters. The summed E-state index contributed by atoms with van der Waals surface area (Å²) in [6.07, 6.45) is 0. The van der Waals surface area contributed by atoms with E-state index in [-0.39, 0.29) is 10.8 Å². The molecule has 0 aliphatic carbocycles. The number of hydrogen-bond donors (Lipinski definition) is 0. The van der Waals surface area contributed by atoms with Crippen LogP contribution < -0.4 is 9.80 Å². The SMILES string of the molecule is CCN1C(=O)c2cccc3c(S(=O)(=O)N4CCN(c5ccccc5Cl)CC4)ccc1c23. The largest absolute Gasteiger partial charge is 0.368 e. The van der Waals surface area contributed by atoms with Gasteiger partial charge in [-0.05, 0) is 37.3 Å². The minimum absolute atomic E-state index is 0.0778. The van der Waals surface area contributed by atoms with Crippen LogP contribution in [0.2, 0.25) is 5.02 Å². The van der Waals surface area contributed by atoms with E-state index in [0.717, 1.165) is 16.8 Å². The summed E-state index contributed by atoms with van der Waals surface area (Å²) in [6, 6.07) is 16.3. The van der Waals surface area contributed by atoms with Gasteiger partial charge in [0.1, 0.15) is 0 Å². The zero-order chi connectivity index (χ0) is 21.8. The third kappa shape index (κ3) is 3.11. The van der Waals surface area contributed by atoms with Gasteiger partial charge in [-0.3, -0.25) is 4.79 Å². The second kappa shape index (κ2) is 7.51. The van der Waals surface area contributed by atoms with Gasteiger partial charge in [-0.15, -0.1) is 0 Å². The molecule has 2 heterocycles. The Labute approximate surface area is 186 Å². The first kappa shape index (κ1) is 20.3. The average Bonchev–Trinajstić information content (AvgIpc) is 3.07. The van der Waals surface area contributed by atoms with Crippen molar-refractivity contribution in [2.75, 3.05) is 42.5 Å². The molecule has 6 nitrogen and oxygen atoms in total. The number of benzene rings is 3. The smallest absolute Gasteiger partial charge is 0.258 e. The van der Waals surface area contributed by atoms with Gasteiger partial charge in [-0.25, -0.2) is 8.42 Å². The molecule has 0 atom stereocenters. The summed E-state index contributed by atoms with van der Waals surface area (Å²) < 4.78 is 28.7. The van der Waals surface area contributed by atoms with Crippen molar-refractivity contribution >= 4 is 49.7 Å². The zero-order valence-corrected chi connectivity index (χ0v) is 18.7. The van der Waals surface area contributed by atoms with Gasteiger partial charge in [0.05, 0.1) is 21.3 Å². The molecule has 0 aromatic heterocycles. The van der Waals surface area contributed by atoms with Crippen LogP contribution in [0.1, 0.15) is 17.3 Å². The molecule has 1 amide bonds. The predicted octanol–water partition coefficient (Wildman–Crippen LogP) is 3.98. The third-order valence-corrected chi connectivity index (χ3v) is 8.39. The maximum Gasteiger partial charge on any atom is 0.258 e. The number of halogens is 1. The third-order valence-electron chi connectivity index (χ3n) is 6.11. The maximum atomic E-state index is 13.6. The van der Waals surface area contributed by atoms with E-state index in [0.29, 0.717) is 48.7 Å². The van der Waals surface area contributed by atoms with Gasteiger partial charge in [0, 0.05) is 49.1 Å². The minimum atomic E-state index is -3.71. The van der Waals surface area contributed by atoms with Gasteiger partial charge in [0.2, 0.25) is 10.0 Å². The van der Waals surface area contributed by atoms with Crippen LogP contribution in [0.25, 0.3) is 10.8 Å². The lowest BCUT2D eigenvalue weighted by molar-refractivity contribution is 0.0994. The molecule has 160 valence electrons. The van der Waals surface area contributed by atoms with Crippen molar-refractivity contribution in [3.63, 3.8) is 0 Å². The molecule has 1 saturated heterocycles. The highest BCUT2D eigenvalue weighted by molar-refractivity contribution is 7.89. The lowest BCUT2D eigenvalue weighted by Gasteiger charge is -2.36. The van der Waals surface area contributed by atoms with Gasteiger partial charge >= 0.3 is 0 Å². The summed E-state index contributed by atoms with van der Waals surface area (Å²) in [4.78, 5) is 16.8. The first-order valence-corrected chi connectivity index (χ1v) is 12.1. The number of carbonyl (C=O) groups excluding carboxylic acids is 1. The standard InChI is InChI=1S/C23H22ClN3O3S/c1-2-27-20-10-11-21(16-6-5-7-17(22(16)20)23(27)28)31(29,30)26-14-12-25(13-15-26)19-9-4-3-8-18(19)24/h3-11H,2,12-15H2,1H3. The average molecular weight is 456 g/mol. The number of carbonyl (C=O) groups is 1. The molecule has 5 rings (SSSR count). The number of nitrogens with zero attached hydrogens (tertiary/aromatic N) is 3. The van der Waals surface area contributed by atoms with E-state index >= 15 is 0 Å². The fraction of sp³-hybridized carbons (Fsp3) is 0.261. The number of para-hydroxylation sites is 1. The van der Waals surface area contributed by atoms with Crippen molar-refractivity contribution in [1.82, 2.24) is 4.31 Å². The van der Waals surface area contributed by atoms with E-state index in [4.69, 9.17) is 11.6 Å². The Bertz CT molecular complexity index is 1300. The normalized spacial score (nSPS) is 17.0. The van der Waals surface area contributed by atoms with Crippen LogP contribution in [-0.2, 0) is 10.0 Å². The van der Waals surface area contributed by atoms with Crippen LogP contribution in [-0.4, -0.2) is 51.4 Å². The number of sulfonamides is 1. The fourth-order valence-electron chi connectivity index (χ4n) is 4.57. The molecule has 2 aliphatic rings. The summed E-state index contributed by atoms with van der Waals surface area (Å²) in [6.45, 7) is 4.32. The summed E-state index contributed by atoms with van der Waals surface area (Å²) in [5, 5.41) is 1.99. The monoisotopic (exact) mass is 455 g/mol. The second-order valence-corrected chi connectivity index (χ2v) is 10.0. The lowest BCUT2D eigenvalue weighted by Crippen LogP contribution is -2.48. The summed E-state index contributed by atoms with van der Waals surface area (Å²) >= 11 is 6.31. The molecule has 0 radical (unpaired) electrons. The van der Waals surface area contributed by atoms with Crippen molar-refractivity contribution < 1.29 is 13.2 Å². The van der Waals surface area contributed by atoms with Crippen molar-refractivity contribution in [2.24, 2.45) is 0 Å². The molecule has 3 aromatic carbocycles. The van der Waals surface area contributed by atoms with Crippen LogP contribution in [0.4, 0.5) is 11.4 Å². The Morgan fingerprint density at radius 3 is 2.35 bits per heavy atom. The van der Waals surface area contributed by atoms with Crippen LogP contribution in [0, 0.1) is 0 Å². The number of amides is 1. The quantitative estimate of drug-likeness (QED) is 0.597. The van der Waals surface area contributed by atoms with Gasteiger partial charge in [0.25, 0.3) is 5.91 Å². The summed E-state index contributed by atoms with van der Waals surface area (Å²) in [7, 11) is -3.71. The van der Waals surface area contributed by atoms with E-state index < -0.39 is 10.0 Å². The van der Waals surface area contributed by atoms with Gasteiger partial charge in [-0.2, -0.15) is 4.31 Å². The Balaban J connectivity index is 1.48. The van der Waals surface area contributed by atoms with Gasteiger partial charge in [-0.1, -0.05) is 35.9 Å². The first-order chi connectivity index (χ1) is 14.9. The molecular weight excluding hydrogens is 434 g/mol. The highest BCUT2D eigenvalue weighted by atomic mass is 35.5. The van der Waals surface area contributed by atoms with Crippen LogP contribution in [0.3, 0.4) is 0 Å². The molecule has 0 spiro atoms. The molecule has 31 heavy (non-hydrogen) atoms. The lowest BCUT2D eigenvalue weighted by atomic mass is 10.1. The minimum Gasteiger partial charge on any atom is -0.368 e. The Hall–Kier alpha value is -2.61. The van der Waals surface area contributed by atoms with E-state index in [2.05, 4.69) is 4.90 Å². The molecule has 2 aliphatic heterocycles. The van der Waals surface area contributed by atoms with Gasteiger partial charge in [0.15, 0.2) is 0 Å². The Morgan fingerprint density at radius 1 is 0.903 bits per heavy atom. The van der Waals surface area contributed by atoms with E-state index in [1.165, 1.54) is 4.31 Å². The van der Waals surface area contributed by atoms with Crippen molar-refractivity contribution in [3.8, 4) is 0 Å². The highest BCUT2D eigenvalue weighted by Gasteiger charge is 2.34. The molecule has 3 aromatic rings. The van der Waals surface area contributed by atoms with Crippen LogP contribution in [0.15, 0.2) is 59.5 Å². The van der Waals surface area contributed by atoms with E-state index in [1.54, 1.807) is 35.2 Å². The van der Waals surface area contributed by atoms with Crippen LogP contribution >= 0.6 is 11.6 Å².